The number of thioether (sulfide) groups is 1. The summed E-state index contributed by atoms with van der Waals surface area (Å²) in [5.74, 6) is -0.697. The van der Waals surface area contributed by atoms with Crippen LogP contribution in [0.3, 0.4) is 0 Å². The molecule has 10 nitrogen and oxygen atoms in total. The number of carbonyl (C=O) groups excluding carboxylic acids is 2. The van der Waals surface area contributed by atoms with Crippen LogP contribution in [0.5, 0.6) is 0 Å². The van der Waals surface area contributed by atoms with E-state index in [9.17, 15) is 22.4 Å². The second-order valence-corrected chi connectivity index (χ2v) is 12.6. The van der Waals surface area contributed by atoms with Crippen molar-refractivity contribution in [2.45, 2.75) is 16.6 Å². The van der Waals surface area contributed by atoms with Crippen LogP contribution in [0.15, 0.2) is 87.3 Å². The predicted octanol–water partition coefficient (Wildman–Crippen LogP) is 4.08. The molecule has 1 aromatic heterocycles. The average Bonchev–Trinajstić information content (AvgIpc) is 3.35. The van der Waals surface area contributed by atoms with E-state index in [1.54, 1.807) is 4.57 Å². The molecule has 0 unspecified atom stereocenters. The number of anilines is 1. The van der Waals surface area contributed by atoms with Gasteiger partial charge in [0.05, 0.1) is 17.2 Å². The normalized spacial score (nSPS) is 11.4. The molecule has 0 radical (unpaired) electrons. The molecule has 0 fully saturated rings. The van der Waals surface area contributed by atoms with E-state index >= 15 is 0 Å². The molecular weight excluding hydrogens is 623 g/mol. The molecular formula is C26H24BrFN6O4S2. The Morgan fingerprint density at radius 1 is 0.975 bits per heavy atom. The number of benzene rings is 3. The fourth-order valence-corrected chi connectivity index (χ4v) is 5.41. The molecule has 0 aliphatic heterocycles. The van der Waals surface area contributed by atoms with Crippen molar-refractivity contribution in [3.05, 3.63) is 94.5 Å². The summed E-state index contributed by atoms with van der Waals surface area (Å²) in [7, 11) is -0.746. The largest absolute Gasteiger partial charge is 0.345 e. The van der Waals surface area contributed by atoms with Crippen molar-refractivity contribution < 1.29 is 22.4 Å². The summed E-state index contributed by atoms with van der Waals surface area (Å²) in [5, 5.41) is 14.4. The van der Waals surface area contributed by atoms with Crippen molar-refractivity contribution in [2.75, 3.05) is 25.2 Å². The molecule has 0 aliphatic rings. The zero-order valence-corrected chi connectivity index (χ0v) is 24.6. The molecule has 4 rings (SSSR count). The van der Waals surface area contributed by atoms with Crippen molar-refractivity contribution in [1.29, 1.82) is 0 Å². The maximum absolute atomic E-state index is 13.1. The number of aromatic nitrogens is 3. The molecule has 0 bridgehead atoms. The van der Waals surface area contributed by atoms with Crippen molar-refractivity contribution in [3.8, 4) is 5.69 Å². The molecule has 40 heavy (non-hydrogen) atoms. The Morgan fingerprint density at radius 2 is 1.62 bits per heavy atom. The average molecular weight is 648 g/mol. The van der Waals surface area contributed by atoms with Crippen LogP contribution in [0.4, 0.5) is 10.1 Å². The predicted molar refractivity (Wildman–Crippen MR) is 153 cm³/mol. The van der Waals surface area contributed by atoms with Gasteiger partial charge >= 0.3 is 0 Å². The second kappa shape index (κ2) is 12.7. The Hall–Kier alpha value is -3.59. The highest BCUT2D eigenvalue weighted by atomic mass is 79.9. The third kappa shape index (κ3) is 7.13. The number of halogens is 2. The van der Waals surface area contributed by atoms with Crippen LogP contribution < -0.4 is 10.6 Å². The van der Waals surface area contributed by atoms with E-state index in [0.717, 1.165) is 26.2 Å². The van der Waals surface area contributed by atoms with Gasteiger partial charge in [0, 0.05) is 35.5 Å². The van der Waals surface area contributed by atoms with Crippen LogP contribution >= 0.6 is 27.7 Å². The SMILES string of the molecule is CN(C)S(=O)(=O)c1ccc(C(=O)NCc2nnc(SCC(=O)Nc3ccc(F)cc3)n2-c2ccc(Br)cc2)cc1. The van der Waals surface area contributed by atoms with Crippen LogP contribution in [0.25, 0.3) is 5.69 Å². The first kappa shape index (κ1) is 29.4. The third-order valence-corrected chi connectivity index (χ3v) is 8.83. The van der Waals surface area contributed by atoms with Crippen LogP contribution in [0.1, 0.15) is 16.2 Å². The molecule has 2 N–H and O–H groups in total. The Labute approximate surface area is 243 Å². The lowest BCUT2D eigenvalue weighted by molar-refractivity contribution is -0.113. The quantitative estimate of drug-likeness (QED) is 0.249. The summed E-state index contributed by atoms with van der Waals surface area (Å²) in [6.45, 7) is 0.0159. The number of nitrogens with one attached hydrogen (secondary N) is 2. The van der Waals surface area contributed by atoms with Gasteiger partial charge in [0.2, 0.25) is 15.9 Å². The van der Waals surface area contributed by atoms with Gasteiger partial charge in [-0.05, 0) is 72.8 Å². The Balaban J connectivity index is 1.48. The van der Waals surface area contributed by atoms with Crippen molar-refractivity contribution in [2.24, 2.45) is 0 Å². The summed E-state index contributed by atoms with van der Waals surface area (Å²) in [4.78, 5) is 25.4. The molecule has 4 aromatic rings. The minimum absolute atomic E-state index is 0.0145. The minimum atomic E-state index is -3.61. The number of nitrogens with zero attached hydrogens (tertiary/aromatic N) is 4. The van der Waals surface area contributed by atoms with Gasteiger partial charge in [-0.25, -0.2) is 17.1 Å². The number of rotatable bonds is 10. The standard InChI is InChI=1S/C26H24BrFN6O4S2/c1-33(2)40(37,38)22-13-3-17(4-14-22)25(36)29-15-23-31-32-26(34(23)21-11-5-18(27)6-12-21)39-16-24(35)30-20-9-7-19(28)8-10-20/h3-14H,15-16H2,1-2H3,(H,29,36)(H,30,35). The van der Waals surface area contributed by atoms with E-state index < -0.39 is 21.7 Å². The van der Waals surface area contributed by atoms with E-state index in [0.29, 0.717) is 16.7 Å². The maximum atomic E-state index is 13.1. The monoisotopic (exact) mass is 646 g/mol. The molecule has 208 valence electrons. The van der Waals surface area contributed by atoms with Crippen LogP contribution in [-0.4, -0.2) is 59.2 Å². The number of amides is 2. The lowest BCUT2D eigenvalue weighted by Gasteiger charge is -2.12. The molecule has 0 saturated carbocycles. The lowest BCUT2D eigenvalue weighted by atomic mass is 10.2. The van der Waals surface area contributed by atoms with E-state index in [1.807, 2.05) is 24.3 Å². The maximum Gasteiger partial charge on any atom is 0.251 e. The van der Waals surface area contributed by atoms with Crippen LogP contribution in [-0.2, 0) is 21.4 Å². The van der Waals surface area contributed by atoms with Crippen LogP contribution in [0, 0.1) is 5.82 Å². The smallest absolute Gasteiger partial charge is 0.251 e. The summed E-state index contributed by atoms with van der Waals surface area (Å²) in [6.07, 6.45) is 0. The highest BCUT2D eigenvalue weighted by molar-refractivity contribution is 9.10. The summed E-state index contributed by atoms with van der Waals surface area (Å²) in [5.41, 5.74) is 1.47. The highest BCUT2D eigenvalue weighted by Crippen LogP contribution is 2.24. The molecule has 0 saturated heterocycles. The fraction of sp³-hybridized carbons (Fsp3) is 0.154. The molecule has 3 aromatic carbocycles. The van der Waals surface area contributed by atoms with Gasteiger partial charge in [-0.15, -0.1) is 10.2 Å². The molecule has 14 heteroatoms. The molecule has 0 atom stereocenters. The summed E-state index contributed by atoms with van der Waals surface area (Å²) in [6, 6.07) is 18.4. The van der Waals surface area contributed by atoms with Crippen molar-refractivity contribution in [3.63, 3.8) is 0 Å². The Morgan fingerprint density at radius 3 is 2.25 bits per heavy atom. The number of carbonyl (C=O) groups is 2. The lowest BCUT2D eigenvalue weighted by Crippen LogP contribution is -2.25. The number of hydrogen-bond donors (Lipinski definition) is 2. The van der Waals surface area contributed by atoms with Crippen molar-refractivity contribution >= 4 is 55.2 Å². The first-order chi connectivity index (χ1) is 19.0. The second-order valence-electron chi connectivity index (χ2n) is 8.55. The third-order valence-electron chi connectivity index (χ3n) is 5.55. The fourth-order valence-electron chi connectivity index (χ4n) is 3.47. The van der Waals surface area contributed by atoms with Crippen LogP contribution in [0.2, 0.25) is 0 Å². The number of hydrogen-bond acceptors (Lipinski definition) is 7. The first-order valence-electron chi connectivity index (χ1n) is 11.7. The summed E-state index contributed by atoms with van der Waals surface area (Å²) >= 11 is 4.57. The zero-order valence-electron chi connectivity index (χ0n) is 21.3. The first-order valence-corrected chi connectivity index (χ1v) is 15.0. The highest BCUT2D eigenvalue weighted by Gasteiger charge is 2.19. The van der Waals surface area contributed by atoms with Gasteiger partial charge in [-0.2, -0.15) is 0 Å². The Kier molecular flexibility index (Phi) is 9.35. The minimum Gasteiger partial charge on any atom is -0.345 e. The van der Waals surface area contributed by atoms with E-state index in [1.165, 1.54) is 62.6 Å². The zero-order chi connectivity index (χ0) is 28.9. The summed E-state index contributed by atoms with van der Waals surface area (Å²) < 4.78 is 41.4. The van der Waals surface area contributed by atoms with Gasteiger partial charge in [0.15, 0.2) is 11.0 Å². The molecule has 1 heterocycles. The van der Waals surface area contributed by atoms with Gasteiger partial charge < -0.3 is 10.6 Å². The topological polar surface area (TPSA) is 126 Å². The molecule has 0 aliphatic carbocycles. The number of sulfonamides is 1. The van der Waals surface area contributed by atoms with E-state index in [-0.39, 0.29) is 28.7 Å². The van der Waals surface area contributed by atoms with Crippen molar-refractivity contribution in [1.82, 2.24) is 24.4 Å². The Bertz CT molecular complexity index is 1610. The van der Waals surface area contributed by atoms with E-state index in [4.69, 9.17) is 0 Å². The van der Waals surface area contributed by atoms with Gasteiger partial charge in [-0.3, -0.25) is 14.2 Å². The van der Waals surface area contributed by atoms with E-state index in [2.05, 4.69) is 36.8 Å². The molecule has 2 amide bonds. The van der Waals surface area contributed by atoms with Gasteiger partial charge in [0.25, 0.3) is 5.91 Å². The van der Waals surface area contributed by atoms with Gasteiger partial charge in [0.1, 0.15) is 5.82 Å². The van der Waals surface area contributed by atoms with Gasteiger partial charge in [-0.1, -0.05) is 27.7 Å². The molecule has 0 spiro atoms.